The highest BCUT2D eigenvalue weighted by atomic mass is 32.2. The highest BCUT2D eigenvalue weighted by molar-refractivity contribution is 7.99. The van der Waals surface area contributed by atoms with Crippen LogP contribution in [0.2, 0.25) is 0 Å². The van der Waals surface area contributed by atoms with Crippen LogP contribution < -0.4 is 15.0 Å². The van der Waals surface area contributed by atoms with Crippen molar-refractivity contribution in [2.75, 3.05) is 56.5 Å². The van der Waals surface area contributed by atoms with Gasteiger partial charge in [-0.25, -0.2) is 4.98 Å². The zero-order chi connectivity index (χ0) is 22.3. The van der Waals surface area contributed by atoms with Gasteiger partial charge in [0, 0.05) is 49.7 Å². The van der Waals surface area contributed by atoms with E-state index in [1.54, 1.807) is 23.1 Å². The third-order valence-corrected chi connectivity index (χ3v) is 7.38. The summed E-state index contributed by atoms with van der Waals surface area (Å²) < 4.78 is 6.77. The summed E-state index contributed by atoms with van der Waals surface area (Å²) in [6, 6.07) is 14.0. The molecule has 4 rings (SSSR count). The van der Waals surface area contributed by atoms with Gasteiger partial charge in [-0.1, -0.05) is 24.3 Å². The van der Waals surface area contributed by atoms with Gasteiger partial charge in [0.05, 0.1) is 16.8 Å². The smallest absolute Gasteiger partial charge is 0.251 e. The van der Waals surface area contributed by atoms with E-state index in [2.05, 4.69) is 28.1 Å². The molecule has 0 unspecified atom stereocenters. The molecule has 6 nitrogen and oxygen atoms in total. The number of rotatable bonds is 9. The zero-order valence-corrected chi connectivity index (χ0v) is 20.3. The number of carbonyl (C=O) groups excluding carboxylic acids is 1. The minimum Gasteiger partial charge on any atom is -0.494 e. The molecule has 1 aliphatic heterocycles. The van der Waals surface area contributed by atoms with E-state index < -0.39 is 0 Å². The van der Waals surface area contributed by atoms with Crippen molar-refractivity contribution in [3.8, 4) is 5.75 Å². The number of aromatic nitrogens is 1. The van der Waals surface area contributed by atoms with Gasteiger partial charge in [-0.15, -0.1) is 11.8 Å². The Labute approximate surface area is 198 Å². The van der Waals surface area contributed by atoms with Crippen molar-refractivity contribution in [3.05, 3.63) is 48.0 Å². The first-order valence-corrected chi connectivity index (χ1v) is 13.0. The third kappa shape index (κ3) is 5.74. The van der Waals surface area contributed by atoms with Crippen LogP contribution in [0.3, 0.4) is 0 Å². The normalized spacial score (nSPS) is 14.6. The van der Waals surface area contributed by atoms with Gasteiger partial charge in [0.2, 0.25) is 0 Å². The molecule has 0 aliphatic carbocycles. The number of nitrogens with one attached hydrogen (secondary N) is 1. The maximum atomic E-state index is 12.5. The Morgan fingerprint density at radius 3 is 2.78 bits per heavy atom. The molecule has 0 atom stereocenters. The molecule has 1 N–H and O–H groups in total. The number of benzene rings is 2. The fraction of sp³-hybridized carbons (Fsp3) is 0.417. The fourth-order valence-corrected chi connectivity index (χ4v) is 5.53. The number of carbonyl (C=O) groups is 1. The summed E-state index contributed by atoms with van der Waals surface area (Å²) >= 11 is 3.48. The number of piperazine rings is 1. The Morgan fingerprint density at radius 1 is 1.16 bits per heavy atom. The molecular formula is C24H30N4O2S2. The molecule has 0 spiro atoms. The first kappa shape index (κ1) is 22.9. The van der Waals surface area contributed by atoms with Gasteiger partial charge in [0.25, 0.3) is 5.91 Å². The number of amides is 1. The van der Waals surface area contributed by atoms with Gasteiger partial charge in [-0.05, 0) is 49.1 Å². The number of hydrogen-bond acceptors (Lipinski definition) is 7. The van der Waals surface area contributed by atoms with Crippen molar-refractivity contribution in [2.24, 2.45) is 0 Å². The van der Waals surface area contributed by atoms with Crippen LogP contribution in [0.5, 0.6) is 5.75 Å². The Hall–Kier alpha value is -2.29. The number of fused-ring (bicyclic) bond motifs is 1. The highest BCUT2D eigenvalue weighted by Crippen LogP contribution is 2.32. The monoisotopic (exact) mass is 470 g/mol. The second kappa shape index (κ2) is 11.0. The number of nitrogens with zero attached hydrogens (tertiary/aromatic N) is 3. The summed E-state index contributed by atoms with van der Waals surface area (Å²) in [5.41, 5.74) is 1.76. The lowest BCUT2D eigenvalue weighted by Gasteiger charge is -2.34. The molecule has 0 saturated carbocycles. The molecule has 3 aromatic rings. The van der Waals surface area contributed by atoms with Gasteiger partial charge in [0.15, 0.2) is 5.13 Å². The quantitative estimate of drug-likeness (QED) is 0.469. The summed E-state index contributed by atoms with van der Waals surface area (Å²) in [4.78, 5) is 23.2. The average molecular weight is 471 g/mol. The Morgan fingerprint density at radius 2 is 2.00 bits per heavy atom. The number of hydrogen-bond donors (Lipinski definition) is 1. The largest absolute Gasteiger partial charge is 0.494 e. The maximum absolute atomic E-state index is 12.5. The van der Waals surface area contributed by atoms with E-state index in [1.165, 1.54) is 0 Å². The van der Waals surface area contributed by atoms with Crippen molar-refractivity contribution in [3.63, 3.8) is 0 Å². The minimum absolute atomic E-state index is 0.00286. The summed E-state index contributed by atoms with van der Waals surface area (Å²) in [7, 11) is 0. The second-order valence-corrected chi connectivity index (χ2v) is 9.95. The van der Waals surface area contributed by atoms with Crippen LogP contribution in [0.25, 0.3) is 10.2 Å². The molecule has 170 valence electrons. The van der Waals surface area contributed by atoms with Crippen LogP contribution >= 0.6 is 23.1 Å². The van der Waals surface area contributed by atoms with E-state index >= 15 is 0 Å². The lowest BCUT2D eigenvalue weighted by atomic mass is 10.2. The van der Waals surface area contributed by atoms with Crippen LogP contribution in [0.1, 0.15) is 24.2 Å². The van der Waals surface area contributed by atoms with Crippen LogP contribution in [0, 0.1) is 0 Å². The Bertz CT molecular complexity index is 1050. The van der Waals surface area contributed by atoms with Gasteiger partial charge < -0.3 is 15.0 Å². The topological polar surface area (TPSA) is 57.7 Å². The summed E-state index contributed by atoms with van der Waals surface area (Å²) in [6.45, 7) is 10.1. The van der Waals surface area contributed by atoms with Crippen molar-refractivity contribution >= 4 is 44.4 Å². The van der Waals surface area contributed by atoms with Crippen LogP contribution in [0.4, 0.5) is 5.13 Å². The Kier molecular flexibility index (Phi) is 7.89. The number of thioether (sulfide) groups is 1. The van der Waals surface area contributed by atoms with Crippen molar-refractivity contribution < 1.29 is 9.53 Å². The highest BCUT2D eigenvalue weighted by Gasteiger charge is 2.20. The van der Waals surface area contributed by atoms with Crippen LogP contribution in [-0.4, -0.2) is 67.4 Å². The lowest BCUT2D eigenvalue weighted by Crippen LogP contribution is -2.48. The van der Waals surface area contributed by atoms with Gasteiger partial charge in [-0.3, -0.25) is 9.69 Å². The van der Waals surface area contributed by atoms with E-state index in [9.17, 15) is 4.79 Å². The second-order valence-electron chi connectivity index (χ2n) is 7.60. The van der Waals surface area contributed by atoms with Crippen molar-refractivity contribution in [2.45, 2.75) is 18.7 Å². The molecule has 8 heteroatoms. The molecule has 1 amide bonds. The first-order chi connectivity index (χ1) is 15.7. The van der Waals surface area contributed by atoms with E-state index in [0.717, 1.165) is 70.0 Å². The van der Waals surface area contributed by atoms with Gasteiger partial charge in [0.1, 0.15) is 5.75 Å². The molecule has 32 heavy (non-hydrogen) atoms. The van der Waals surface area contributed by atoms with Crippen LogP contribution in [-0.2, 0) is 0 Å². The molecule has 0 bridgehead atoms. The van der Waals surface area contributed by atoms with E-state index in [0.29, 0.717) is 13.2 Å². The van der Waals surface area contributed by atoms with E-state index in [-0.39, 0.29) is 5.91 Å². The van der Waals surface area contributed by atoms with Crippen LogP contribution in [0.15, 0.2) is 47.4 Å². The number of thiazole rings is 1. The minimum atomic E-state index is 0.00286. The summed E-state index contributed by atoms with van der Waals surface area (Å²) in [6.07, 6.45) is 0. The number of ether oxygens (including phenoxy) is 1. The standard InChI is InChI=1S/C24H30N4O2S2/c1-3-30-19-8-9-21-22(17-19)32-24(26-21)28-14-12-27(13-15-28)11-10-25-23(29)18-6-5-7-20(16-18)31-4-2/h5-9,16-17H,3-4,10-15H2,1-2H3,(H,25,29). The van der Waals surface area contributed by atoms with Gasteiger partial charge >= 0.3 is 0 Å². The lowest BCUT2D eigenvalue weighted by molar-refractivity contribution is 0.0947. The molecule has 2 heterocycles. The average Bonchev–Trinajstić information content (AvgIpc) is 3.23. The molecule has 0 radical (unpaired) electrons. The van der Waals surface area contributed by atoms with Gasteiger partial charge in [-0.2, -0.15) is 0 Å². The third-order valence-electron chi connectivity index (χ3n) is 5.42. The van der Waals surface area contributed by atoms with E-state index in [4.69, 9.17) is 9.72 Å². The number of anilines is 1. The predicted octanol–water partition coefficient (Wildman–Crippen LogP) is 4.36. The summed E-state index contributed by atoms with van der Waals surface area (Å²) in [5.74, 6) is 1.91. The molecule has 1 aliphatic rings. The fourth-order valence-electron chi connectivity index (χ4n) is 3.77. The molecular weight excluding hydrogens is 440 g/mol. The van der Waals surface area contributed by atoms with Crippen molar-refractivity contribution in [1.29, 1.82) is 0 Å². The maximum Gasteiger partial charge on any atom is 0.251 e. The SMILES string of the molecule is CCOc1ccc2nc(N3CCN(CCNC(=O)c4cccc(SCC)c4)CC3)sc2c1. The molecule has 1 fully saturated rings. The Balaban J connectivity index is 1.24. The predicted molar refractivity (Wildman–Crippen MR) is 135 cm³/mol. The summed E-state index contributed by atoms with van der Waals surface area (Å²) in [5, 5.41) is 4.14. The van der Waals surface area contributed by atoms with E-state index in [1.807, 2.05) is 43.3 Å². The molecule has 1 aromatic heterocycles. The van der Waals surface area contributed by atoms with Crippen molar-refractivity contribution in [1.82, 2.24) is 15.2 Å². The first-order valence-electron chi connectivity index (χ1n) is 11.2. The molecule has 1 saturated heterocycles. The zero-order valence-electron chi connectivity index (χ0n) is 18.7. The molecule has 2 aromatic carbocycles.